The van der Waals surface area contributed by atoms with Gasteiger partial charge in [-0.25, -0.2) is 4.98 Å². The van der Waals surface area contributed by atoms with Crippen molar-refractivity contribution in [1.82, 2.24) is 4.98 Å². The molecule has 1 heterocycles. The minimum atomic E-state index is -0.350. The van der Waals surface area contributed by atoms with E-state index in [4.69, 9.17) is 16.9 Å². The molecule has 0 spiro atoms. The van der Waals surface area contributed by atoms with Crippen LogP contribution < -0.4 is 10.6 Å². The van der Waals surface area contributed by atoms with Crippen LogP contribution in [0.15, 0.2) is 30.5 Å². The fourth-order valence-corrected chi connectivity index (χ4v) is 1.95. The number of aryl methyl sites for hydroxylation is 1. The Labute approximate surface area is 127 Å². The molecule has 0 atom stereocenters. The number of anilines is 2. The quantitative estimate of drug-likeness (QED) is 0.912. The fourth-order valence-electron chi connectivity index (χ4n) is 1.77. The Bertz CT molecular complexity index is 737. The number of carbonyl (C=O) groups excluding carboxylic acids is 1. The van der Waals surface area contributed by atoms with Crippen LogP contribution in [0.25, 0.3) is 0 Å². The van der Waals surface area contributed by atoms with Gasteiger partial charge in [0, 0.05) is 18.9 Å². The lowest BCUT2D eigenvalue weighted by Gasteiger charge is -2.10. The van der Waals surface area contributed by atoms with Crippen LogP contribution in [0.3, 0.4) is 0 Å². The van der Waals surface area contributed by atoms with Gasteiger partial charge in [-0.15, -0.1) is 0 Å². The fraction of sp³-hybridized carbons (Fsp3) is 0.133. The maximum Gasteiger partial charge on any atom is 0.257 e. The molecule has 0 aliphatic heterocycles. The highest BCUT2D eigenvalue weighted by atomic mass is 35.5. The molecule has 0 saturated heterocycles. The van der Waals surface area contributed by atoms with Gasteiger partial charge >= 0.3 is 0 Å². The van der Waals surface area contributed by atoms with Gasteiger partial charge in [-0.1, -0.05) is 17.7 Å². The predicted molar refractivity (Wildman–Crippen MR) is 82.6 cm³/mol. The van der Waals surface area contributed by atoms with Gasteiger partial charge in [-0.2, -0.15) is 5.26 Å². The van der Waals surface area contributed by atoms with Crippen molar-refractivity contribution in [2.45, 2.75) is 6.92 Å². The summed E-state index contributed by atoms with van der Waals surface area (Å²) in [5.74, 6) is 0.198. The van der Waals surface area contributed by atoms with Crippen molar-refractivity contribution in [3.05, 3.63) is 52.2 Å². The molecule has 1 aromatic carbocycles. The molecule has 0 aliphatic carbocycles. The molecule has 1 amide bonds. The summed E-state index contributed by atoms with van der Waals surface area (Å²) in [7, 11) is 1.71. The summed E-state index contributed by atoms with van der Waals surface area (Å²) in [5, 5.41) is 14.8. The summed E-state index contributed by atoms with van der Waals surface area (Å²) in [6.07, 6.45) is 1.42. The van der Waals surface area contributed by atoms with E-state index in [1.807, 2.05) is 13.0 Å². The van der Waals surface area contributed by atoms with Crippen molar-refractivity contribution < 1.29 is 4.79 Å². The second kappa shape index (κ2) is 6.25. The van der Waals surface area contributed by atoms with E-state index < -0.39 is 0 Å². The lowest BCUT2D eigenvalue weighted by atomic mass is 10.1. The minimum Gasteiger partial charge on any atom is -0.373 e. The average Bonchev–Trinajstić information content (AvgIpc) is 2.49. The van der Waals surface area contributed by atoms with Gasteiger partial charge in [0.05, 0.1) is 22.2 Å². The maximum absolute atomic E-state index is 12.3. The van der Waals surface area contributed by atoms with Crippen LogP contribution in [-0.4, -0.2) is 17.9 Å². The number of aromatic nitrogens is 1. The molecule has 106 valence electrons. The van der Waals surface area contributed by atoms with Crippen molar-refractivity contribution in [3.8, 4) is 6.07 Å². The monoisotopic (exact) mass is 300 g/mol. The summed E-state index contributed by atoms with van der Waals surface area (Å²) >= 11 is 6.01. The van der Waals surface area contributed by atoms with Crippen LogP contribution >= 0.6 is 11.6 Å². The number of carbonyl (C=O) groups is 1. The predicted octanol–water partition coefficient (Wildman–Crippen LogP) is 3.21. The third-order valence-corrected chi connectivity index (χ3v) is 3.27. The van der Waals surface area contributed by atoms with Gasteiger partial charge in [0.1, 0.15) is 5.82 Å². The van der Waals surface area contributed by atoms with Gasteiger partial charge in [0.2, 0.25) is 0 Å². The van der Waals surface area contributed by atoms with Gasteiger partial charge in [0.15, 0.2) is 0 Å². The molecular weight excluding hydrogens is 288 g/mol. The van der Waals surface area contributed by atoms with E-state index in [1.54, 1.807) is 31.3 Å². The van der Waals surface area contributed by atoms with Crippen LogP contribution in [0.2, 0.25) is 5.02 Å². The minimum absolute atomic E-state index is 0.264. The topological polar surface area (TPSA) is 77.8 Å². The molecule has 0 fully saturated rings. The summed E-state index contributed by atoms with van der Waals surface area (Å²) < 4.78 is 0. The molecule has 1 aromatic heterocycles. The van der Waals surface area contributed by atoms with Crippen molar-refractivity contribution >= 4 is 29.0 Å². The Hall–Kier alpha value is -2.58. The van der Waals surface area contributed by atoms with E-state index in [0.29, 0.717) is 22.6 Å². The number of nitriles is 1. The third-order valence-electron chi connectivity index (χ3n) is 2.97. The van der Waals surface area contributed by atoms with Crippen molar-refractivity contribution in [2.75, 3.05) is 17.7 Å². The largest absolute Gasteiger partial charge is 0.373 e. The number of halogens is 1. The van der Waals surface area contributed by atoms with Crippen LogP contribution in [0.4, 0.5) is 11.5 Å². The molecule has 0 aliphatic rings. The highest BCUT2D eigenvalue weighted by molar-refractivity contribution is 6.34. The molecule has 0 unspecified atom stereocenters. The number of hydrogen-bond acceptors (Lipinski definition) is 4. The first-order valence-corrected chi connectivity index (χ1v) is 6.58. The molecule has 5 nitrogen and oxygen atoms in total. The zero-order valence-electron chi connectivity index (χ0n) is 11.6. The van der Waals surface area contributed by atoms with E-state index in [1.165, 1.54) is 6.20 Å². The van der Waals surface area contributed by atoms with Crippen molar-refractivity contribution in [2.24, 2.45) is 0 Å². The molecule has 0 saturated carbocycles. The highest BCUT2D eigenvalue weighted by Gasteiger charge is 2.13. The van der Waals surface area contributed by atoms with E-state index in [0.717, 1.165) is 5.56 Å². The average molecular weight is 301 g/mol. The highest BCUT2D eigenvalue weighted by Crippen LogP contribution is 2.21. The van der Waals surface area contributed by atoms with Crippen LogP contribution in [0.1, 0.15) is 21.5 Å². The Morgan fingerprint density at radius 2 is 2.14 bits per heavy atom. The molecule has 0 bridgehead atoms. The summed E-state index contributed by atoms with van der Waals surface area (Å²) in [5.41, 5.74) is 2.24. The van der Waals surface area contributed by atoms with Gasteiger partial charge in [-0.05, 0) is 30.7 Å². The zero-order chi connectivity index (χ0) is 15.4. The first-order chi connectivity index (χ1) is 10.0. The van der Waals surface area contributed by atoms with E-state index >= 15 is 0 Å². The van der Waals surface area contributed by atoms with Gasteiger partial charge in [0.25, 0.3) is 5.91 Å². The summed E-state index contributed by atoms with van der Waals surface area (Å²) in [6.45, 7) is 1.85. The molecule has 6 heteroatoms. The molecule has 2 rings (SSSR count). The standard InChI is InChI=1S/C15H13ClN4O/c1-9-3-4-10(7-17)5-13(9)20-15(21)11-6-14(18-2)19-8-12(11)16/h3-6,8H,1-2H3,(H,18,19)(H,20,21). The number of hydrogen-bond donors (Lipinski definition) is 2. The number of amides is 1. The lowest BCUT2D eigenvalue weighted by Crippen LogP contribution is -2.14. The second-order valence-electron chi connectivity index (χ2n) is 4.40. The first kappa shape index (κ1) is 14.8. The Balaban J connectivity index is 2.32. The van der Waals surface area contributed by atoms with E-state index in [9.17, 15) is 4.79 Å². The Morgan fingerprint density at radius 3 is 2.81 bits per heavy atom. The molecule has 0 radical (unpaired) electrons. The summed E-state index contributed by atoms with van der Waals surface area (Å²) in [4.78, 5) is 16.3. The van der Waals surface area contributed by atoms with Crippen molar-refractivity contribution in [3.63, 3.8) is 0 Å². The number of nitrogens with one attached hydrogen (secondary N) is 2. The molecular formula is C15H13ClN4O. The normalized spacial score (nSPS) is 9.81. The van der Waals surface area contributed by atoms with Crippen LogP contribution in [0.5, 0.6) is 0 Å². The second-order valence-corrected chi connectivity index (χ2v) is 4.80. The molecule has 2 N–H and O–H groups in total. The third kappa shape index (κ3) is 3.30. The van der Waals surface area contributed by atoms with Crippen molar-refractivity contribution in [1.29, 1.82) is 5.26 Å². The number of pyridine rings is 1. The lowest BCUT2D eigenvalue weighted by molar-refractivity contribution is 0.102. The van der Waals surface area contributed by atoms with E-state index in [-0.39, 0.29) is 10.9 Å². The van der Waals surface area contributed by atoms with Gasteiger partial charge < -0.3 is 10.6 Å². The molecule has 2 aromatic rings. The zero-order valence-corrected chi connectivity index (χ0v) is 12.3. The van der Waals surface area contributed by atoms with Gasteiger partial charge in [-0.3, -0.25) is 4.79 Å². The Morgan fingerprint density at radius 1 is 1.38 bits per heavy atom. The smallest absolute Gasteiger partial charge is 0.257 e. The van der Waals surface area contributed by atoms with E-state index in [2.05, 4.69) is 15.6 Å². The Kier molecular flexibility index (Phi) is 4.41. The number of nitrogens with zero attached hydrogens (tertiary/aromatic N) is 2. The summed E-state index contributed by atoms with van der Waals surface area (Å²) in [6, 6.07) is 8.71. The first-order valence-electron chi connectivity index (χ1n) is 6.20. The van der Waals surface area contributed by atoms with Crippen LogP contribution in [0, 0.1) is 18.3 Å². The molecule has 21 heavy (non-hydrogen) atoms. The van der Waals surface area contributed by atoms with Crippen LogP contribution in [-0.2, 0) is 0 Å². The SMILES string of the molecule is CNc1cc(C(=O)Nc2cc(C#N)ccc2C)c(Cl)cn1. The maximum atomic E-state index is 12.3. The number of benzene rings is 1. The number of rotatable bonds is 3.